The third-order valence-electron chi connectivity index (χ3n) is 3.60. The molecule has 1 aromatic rings. The van der Waals surface area contributed by atoms with Crippen molar-refractivity contribution < 1.29 is 13.9 Å². The molecule has 1 saturated heterocycles. The number of nitrogens with two attached hydrogens (primary N) is 1. The maximum Gasteiger partial charge on any atom is 0.410 e. The van der Waals surface area contributed by atoms with Gasteiger partial charge < -0.3 is 15.4 Å². The fourth-order valence-electron chi connectivity index (χ4n) is 2.57. The molecule has 0 radical (unpaired) electrons. The second kappa shape index (κ2) is 6.42. The van der Waals surface area contributed by atoms with E-state index < -0.39 is 11.4 Å². The molecule has 6 heteroatoms. The lowest BCUT2D eigenvalue weighted by atomic mass is 9.92. The molecule has 0 bridgehead atoms. The first kappa shape index (κ1) is 17.0. The van der Waals surface area contributed by atoms with Gasteiger partial charge in [-0.05, 0) is 51.3 Å². The lowest BCUT2D eigenvalue weighted by molar-refractivity contribution is 0.00797. The van der Waals surface area contributed by atoms with Gasteiger partial charge in [0.25, 0.3) is 0 Å². The minimum absolute atomic E-state index is 0.00693. The molecule has 122 valence electrons. The van der Waals surface area contributed by atoms with Crippen molar-refractivity contribution in [2.24, 2.45) is 5.73 Å². The molecule has 0 saturated carbocycles. The van der Waals surface area contributed by atoms with Crippen LogP contribution < -0.4 is 5.73 Å². The Hall–Kier alpha value is -1.33. The summed E-state index contributed by atoms with van der Waals surface area (Å²) in [6.07, 6.45) is 0.927. The Morgan fingerprint density at radius 2 is 2.14 bits per heavy atom. The Morgan fingerprint density at radius 1 is 1.45 bits per heavy atom. The SMILES string of the molecule is CC(C)(C)OC(=O)N1CCC(N)CC1c1ccc(F)c(Cl)c1. The van der Waals surface area contributed by atoms with E-state index in [-0.39, 0.29) is 23.2 Å². The predicted molar refractivity (Wildman–Crippen MR) is 84.3 cm³/mol. The van der Waals surface area contributed by atoms with Crippen LogP contribution in [0.5, 0.6) is 0 Å². The maximum atomic E-state index is 13.4. The summed E-state index contributed by atoms with van der Waals surface area (Å²) in [5, 5.41) is 0.0424. The fraction of sp³-hybridized carbons (Fsp3) is 0.562. The van der Waals surface area contributed by atoms with Crippen LogP contribution in [0.2, 0.25) is 5.02 Å². The highest BCUT2D eigenvalue weighted by atomic mass is 35.5. The zero-order chi connectivity index (χ0) is 16.5. The standard InChI is InChI=1S/C16H22ClFN2O2/c1-16(2,3)22-15(21)20-7-6-11(19)9-14(20)10-4-5-13(18)12(17)8-10/h4-5,8,11,14H,6-7,9,19H2,1-3H3. The fourth-order valence-corrected chi connectivity index (χ4v) is 2.76. The highest BCUT2D eigenvalue weighted by Gasteiger charge is 2.34. The Morgan fingerprint density at radius 3 is 2.73 bits per heavy atom. The Balaban J connectivity index is 2.26. The van der Waals surface area contributed by atoms with Crippen molar-refractivity contribution in [3.05, 3.63) is 34.6 Å². The van der Waals surface area contributed by atoms with Gasteiger partial charge in [-0.2, -0.15) is 0 Å². The van der Waals surface area contributed by atoms with Crippen molar-refractivity contribution in [2.75, 3.05) is 6.54 Å². The number of ether oxygens (including phenoxy) is 1. The van der Waals surface area contributed by atoms with Gasteiger partial charge in [0.1, 0.15) is 11.4 Å². The number of carbonyl (C=O) groups excluding carboxylic acids is 1. The van der Waals surface area contributed by atoms with E-state index in [4.69, 9.17) is 22.1 Å². The third kappa shape index (κ3) is 4.11. The average Bonchev–Trinajstić information content (AvgIpc) is 2.39. The molecule has 2 unspecified atom stereocenters. The number of amides is 1. The molecule has 0 aromatic heterocycles. The summed E-state index contributed by atoms with van der Waals surface area (Å²) in [4.78, 5) is 14.1. The van der Waals surface area contributed by atoms with Gasteiger partial charge in [-0.1, -0.05) is 17.7 Å². The second-order valence-electron chi connectivity index (χ2n) is 6.65. The van der Waals surface area contributed by atoms with Gasteiger partial charge in [0, 0.05) is 12.6 Å². The van der Waals surface area contributed by atoms with Crippen LogP contribution in [0.4, 0.5) is 9.18 Å². The number of rotatable bonds is 1. The van der Waals surface area contributed by atoms with E-state index in [9.17, 15) is 9.18 Å². The van der Waals surface area contributed by atoms with Gasteiger partial charge in [0.2, 0.25) is 0 Å². The molecule has 22 heavy (non-hydrogen) atoms. The summed E-state index contributed by atoms with van der Waals surface area (Å²) in [5.74, 6) is -0.477. The van der Waals surface area contributed by atoms with E-state index in [0.717, 1.165) is 5.56 Å². The monoisotopic (exact) mass is 328 g/mol. The summed E-state index contributed by atoms with van der Waals surface area (Å²) in [6, 6.07) is 4.24. The molecule has 4 nitrogen and oxygen atoms in total. The van der Waals surface area contributed by atoms with Crippen molar-refractivity contribution in [2.45, 2.75) is 51.3 Å². The zero-order valence-electron chi connectivity index (χ0n) is 13.1. The van der Waals surface area contributed by atoms with Crippen LogP contribution in [0.15, 0.2) is 18.2 Å². The van der Waals surface area contributed by atoms with Crippen molar-refractivity contribution in [3.63, 3.8) is 0 Å². The van der Waals surface area contributed by atoms with Crippen LogP contribution in [-0.4, -0.2) is 29.2 Å². The van der Waals surface area contributed by atoms with Crippen molar-refractivity contribution >= 4 is 17.7 Å². The quantitative estimate of drug-likeness (QED) is 0.851. The first-order valence-electron chi connectivity index (χ1n) is 7.37. The molecule has 1 aliphatic heterocycles. The average molecular weight is 329 g/mol. The van der Waals surface area contributed by atoms with Crippen LogP contribution in [0.1, 0.15) is 45.2 Å². The topological polar surface area (TPSA) is 55.6 Å². The van der Waals surface area contributed by atoms with Gasteiger partial charge in [-0.25, -0.2) is 9.18 Å². The smallest absolute Gasteiger partial charge is 0.410 e. The second-order valence-corrected chi connectivity index (χ2v) is 7.05. The molecule has 2 atom stereocenters. The molecular formula is C16H22ClFN2O2. The summed E-state index contributed by atoms with van der Waals surface area (Å²) < 4.78 is 18.8. The summed E-state index contributed by atoms with van der Waals surface area (Å²) in [7, 11) is 0. The largest absolute Gasteiger partial charge is 0.444 e. The maximum absolute atomic E-state index is 13.4. The Labute approximate surface area is 135 Å². The molecule has 0 aliphatic carbocycles. The first-order valence-corrected chi connectivity index (χ1v) is 7.75. The summed E-state index contributed by atoms with van der Waals surface area (Å²) >= 11 is 5.86. The van der Waals surface area contributed by atoms with Gasteiger partial charge in [0.05, 0.1) is 11.1 Å². The molecule has 1 fully saturated rings. The number of nitrogens with zero attached hydrogens (tertiary/aromatic N) is 1. The van der Waals surface area contributed by atoms with E-state index in [1.54, 1.807) is 17.0 Å². The van der Waals surface area contributed by atoms with Crippen LogP contribution in [-0.2, 0) is 4.74 Å². The van der Waals surface area contributed by atoms with Crippen molar-refractivity contribution in [1.29, 1.82) is 0 Å². The zero-order valence-corrected chi connectivity index (χ0v) is 13.9. The van der Waals surface area contributed by atoms with E-state index in [0.29, 0.717) is 19.4 Å². The van der Waals surface area contributed by atoms with E-state index in [1.807, 2.05) is 20.8 Å². The summed E-state index contributed by atoms with van der Waals surface area (Å²) in [6.45, 7) is 5.98. The number of benzene rings is 1. The highest BCUT2D eigenvalue weighted by molar-refractivity contribution is 6.30. The minimum atomic E-state index is -0.568. The highest BCUT2D eigenvalue weighted by Crippen LogP contribution is 2.33. The van der Waals surface area contributed by atoms with E-state index in [1.165, 1.54) is 6.07 Å². The summed E-state index contributed by atoms with van der Waals surface area (Å²) in [5.41, 5.74) is 6.24. The number of hydrogen-bond donors (Lipinski definition) is 1. The first-order chi connectivity index (χ1) is 10.2. The van der Waals surface area contributed by atoms with Crippen molar-refractivity contribution in [3.8, 4) is 0 Å². The van der Waals surface area contributed by atoms with Gasteiger partial charge in [-0.3, -0.25) is 0 Å². The molecule has 0 spiro atoms. The minimum Gasteiger partial charge on any atom is -0.444 e. The molecule has 2 rings (SSSR count). The Kier molecular flexibility index (Phi) is 4.97. The number of hydrogen-bond acceptors (Lipinski definition) is 3. The van der Waals surface area contributed by atoms with Crippen LogP contribution in [0.25, 0.3) is 0 Å². The van der Waals surface area contributed by atoms with Crippen LogP contribution in [0.3, 0.4) is 0 Å². The van der Waals surface area contributed by atoms with E-state index >= 15 is 0 Å². The van der Waals surface area contributed by atoms with Gasteiger partial charge in [-0.15, -0.1) is 0 Å². The van der Waals surface area contributed by atoms with Gasteiger partial charge in [0.15, 0.2) is 0 Å². The number of halogens is 2. The number of likely N-dealkylation sites (tertiary alicyclic amines) is 1. The predicted octanol–water partition coefficient (Wildman–Crippen LogP) is 3.88. The molecule has 1 amide bonds. The van der Waals surface area contributed by atoms with Gasteiger partial charge >= 0.3 is 6.09 Å². The number of piperidine rings is 1. The molecule has 1 aliphatic rings. The molecule has 1 heterocycles. The van der Waals surface area contributed by atoms with Crippen molar-refractivity contribution in [1.82, 2.24) is 4.90 Å². The molecule has 1 aromatic carbocycles. The van der Waals surface area contributed by atoms with E-state index in [2.05, 4.69) is 0 Å². The lowest BCUT2D eigenvalue weighted by Crippen LogP contribution is -2.46. The van der Waals surface area contributed by atoms with Crippen LogP contribution >= 0.6 is 11.6 Å². The normalized spacial score (nSPS) is 22.5. The Bertz CT molecular complexity index is 560. The van der Waals surface area contributed by atoms with Crippen LogP contribution in [0, 0.1) is 5.82 Å². The third-order valence-corrected chi connectivity index (χ3v) is 3.89. The molecular weight excluding hydrogens is 307 g/mol. The number of carbonyl (C=O) groups is 1. The lowest BCUT2D eigenvalue weighted by Gasteiger charge is -2.39. The molecule has 2 N–H and O–H groups in total.